The van der Waals surface area contributed by atoms with Gasteiger partial charge in [0, 0.05) is 5.56 Å². The molecular formula is C24H20F3N3O2S. The van der Waals surface area contributed by atoms with Crippen LogP contribution in [-0.4, -0.2) is 24.4 Å². The molecule has 4 aromatic rings. The maximum atomic E-state index is 12.8. The molecule has 4 rings (SSSR count). The van der Waals surface area contributed by atoms with Gasteiger partial charge in [0.1, 0.15) is 24.7 Å². The summed E-state index contributed by atoms with van der Waals surface area (Å²) < 4.78 is 50.7. The van der Waals surface area contributed by atoms with Crippen LogP contribution in [0, 0.1) is 6.92 Å². The third kappa shape index (κ3) is 6.01. The first kappa shape index (κ1) is 22.6. The number of nitrogens with one attached hydrogen (secondary N) is 1. The minimum Gasteiger partial charge on any atom is -0.490 e. The quantitative estimate of drug-likeness (QED) is 0.180. The highest BCUT2D eigenvalue weighted by atomic mass is 32.1. The van der Waals surface area contributed by atoms with E-state index in [-0.39, 0.29) is 19.0 Å². The molecule has 0 saturated heterocycles. The fourth-order valence-corrected chi connectivity index (χ4v) is 3.87. The maximum absolute atomic E-state index is 12.8. The second-order valence-electron chi connectivity index (χ2n) is 7.12. The fourth-order valence-electron chi connectivity index (χ4n) is 3.05. The normalized spacial score (nSPS) is 11.8. The smallest absolute Gasteiger partial charge is 0.416 e. The maximum Gasteiger partial charge on any atom is 0.416 e. The Morgan fingerprint density at radius 3 is 2.64 bits per heavy atom. The number of benzene rings is 3. The summed E-state index contributed by atoms with van der Waals surface area (Å²) in [5.74, 6) is 0.724. The summed E-state index contributed by atoms with van der Waals surface area (Å²) in [5.41, 5.74) is 4.88. The molecule has 1 N–H and O–H groups in total. The number of hydrazone groups is 1. The first-order valence-corrected chi connectivity index (χ1v) is 10.9. The molecule has 3 aromatic carbocycles. The van der Waals surface area contributed by atoms with Crippen LogP contribution in [0.4, 0.5) is 18.3 Å². The van der Waals surface area contributed by atoms with E-state index >= 15 is 0 Å². The van der Waals surface area contributed by atoms with E-state index in [1.165, 1.54) is 23.5 Å². The third-order valence-electron chi connectivity index (χ3n) is 4.59. The van der Waals surface area contributed by atoms with Gasteiger partial charge in [-0.15, -0.1) is 0 Å². The van der Waals surface area contributed by atoms with Gasteiger partial charge >= 0.3 is 6.18 Å². The first-order valence-electron chi connectivity index (χ1n) is 10.1. The van der Waals surface area contributed by atoms with E-state index in [2.05, 4.69) is 15.5 Å². The van der Waals surface area contributed by atoms with E-state index in [9.17, 15) is 13.2 Å². The Kier molecular flexibility index (Phi) is 6.79. The van der Waals surface area contributed by atoms with Crippen LogP contribution in [0.2, 0.25) is 0 Å². The van der Waals surface area contributed by atoms with Crippen LogP contribution in [0.25, 0.3) is 10.2 Å². The van der Waals surface area contributed by atoms with Gasteiger partial charge in [-0.05, 0) is 49.4 Å². The minimum absolute atomic E-state index is 0.0930. The minimum atomic E-state index is -4.41. The molecule has 1 heterocycles. The van der Waals surface area contributed by atoms with Gasteiger partial charge in [0.05, 0.1) is 22.0 Å². The Morgan fingerprint density at radius 2 is 1.82 bits per heavy atom. The average molecular weight is 472 g/mol. The molecule has 0 aliphatic carbocycles. The van der Waals surface area contributed by atoms with Gasteiger partial charge in [0.25, 0.3) is 0 Å². The van der Waals surface area contributed by atoms with E-state index in [1.807, 2.05) is 49.4 Å². The highest BCUT2D eigenvalue weighted by Gasteiger charge is 2.30. The predicted molar refractivity (Wildman–Crippen MR) is 124 cm³/mol. The van der Waals surface area contributed by atoms with E-state index in [0.29, 0.717) is 10.9 Å². The lowest BCUT2D eigenvalue weighted by molar-refractivity contribution is -0.137. The Labute approximate surface area is 192 Å². The molecule has 0 radical (unpaired) electrons. The molecule has 0 aliphatic heterocycles. The van der Waals surface area contributed by atoms with Gasteiger partial charge in [-0.25, -0.2) is 4.98 Å². The van der Waals surface area contributed by atoms with Gasteiger partial charge < -0.3 is 9.47 Å². The van der Waals surface area contributed by atoms with Crippen molar-refractivity contribution in [2.45, 2.75) is 13.1 Å². The van der Waals surface area contributed by atoms with Crippen molar-refractivity contribution < 1.29 is 22.6 Å². The van der Waals surface area contributed by atoms with E-state index < -0.39 is 11.7 Å². The molecule has 0 amide bonds. The van der Waals surface area contributed by atoms with Crippen molar-refractivity contribution in [1.82, 2.24) is 4.98 Å². The number of alkyl halides is 3. The molecule has 0 saturated carbocycles. The van der Waals surface area contributed by atoms with Crippen LogP contribution in [0.3, 0.4) is 0 Å². The molecule has 1 aromatic heterocycles. The third-order valence-corrected chi connectivity index (χ3v) is 5.54. The van der Waals surface area contributed by atoms with Gasteiger partial charge in [0.15, 0.2) is 0 Å². The summed E-state index contributed by atoms with van der Waals surface area (Å²) in [5, 5.41) is 4.95. The zero-order valence-corrected chi connectivity index (χ0v) is 18.4. The van der Waals surface area contributed by atoms with E-state index in [1.54, 1.807) is 6.21 Å². The molecule has 9 heteroatoms. The molecule has 0 spiro atoms. The fraction of sp³-hybridized carbons (Fsp3) is 0.167. The number of hydrogen-bond acceptors (Lipinski definition) is 6. The van der Waals surface area contributed by atoms with Crippen LogP contribution in [0.1, 0.15) is 16.7 Å². The van der Waals surface area contributed by atoms with Crippen molar-refractivity contribution in [3.05, 3.63) is 83.4 Å². The van der Waals surface area contributed by atoms with Gasteiger partial charge in [-0.3, -0.25) is 5.43 Å². The second-order valence-corrected chi connectivity index (χ2v) is 8.15. The van der Waals surface area contributed by atoms with Crippen LogP contribution in [0.5, 0.6) is 11.5 Å². The number of aryl methyl sites for hydroxylation is 1. The van der Waals surface area contributed by atoms with Crippen molar-refractivity contribution in [1.29, 1.82) is 0 Å². The summed E-state index contributed by atoms with van der Waals surface area (Å²) in [6.45, 7) is 2.21. The number of fused-ring (bicyclic) bond motifs is 1. The molecule has 0 fully saturated rings. The molecule has 33 heavy (non-hydrogen) atoms. The van der Waals surface area contributed by atoms with Crippen molar-refractivity contribution in [2.24, 2.45) is 5.10 Å². The van der Waals surface area contributed by atoms with Crippen LogP contribution >= 0.6 is 11.3 Å². The lowest BCUT2D eigenvalue weighted by Gasteiger charge is -2.12. The highest BCUT2D eigenvalue weighted by molar-refractivity contribution is 7.22. The Bertz CT molecular complexity index is 1240. The number of hydrogen-bond donors (Lipinski definition) is 1. The lowest BCUT2D eigenvalue weighted by Crippen LogP contribution is -2.11. The molecule has 0 aliphatic rings. The zero-order valence-electron chi connectivity index (χ0n) is 17.6. The number of anilines is 1. The molecule has 0 atom stereocenters. The standard InChI is InChI=1S/C24H20F3N3O2S/c1-16-9-10-21(32-12-11-31-19-6-4-5-18(14-19)24(25,26)27)17(13-16)15-28-30-23-29-20-7-2-3-8-22(20)33-23/h2-10,13-15H,11-12H2,1H3,(H,29,30)/b28-15+. The lowest BCUT2D eigenvalue weighted by atomic mass is 10.1. The number of para-hydroxylation sites is 1. The van der Waals surface area contributed by atoms with Gasteiger partial charge in [-0.1, -0.05) is 41.2 Å². The van der Waals surface area contributed by atoms with Crippen LogP contribution in [0.15, 0.2) is 71.8 Å². The summed E-state index contributed by atoms with van der Waals surface area (Å²) >= 11 is 1.50. The number of aromatic nitrogens is 1. The SMILES string of the molecule is Cc1ccc(OCCOc2cccc(C(F)(F)F)c2)c(/C=N/Nc2nc3ccccc3s2)c1. The topological polar surface area (TPSA) is 55.7 Å². The monoisotopic (exact) mass is 471 g/mol. The van der Waals surface area contributed by atoms with Crippen molar-refractivity contribution in [3.8, 4) is 11.5 Å². The Balaban J connectivity index is 1.35. The van der Waals surface area contributed by atoms with Crippen molar-refractivity contribution >= 4 is 32.9 Å². The Morgan fingerprint density at radius 1 is 1.00 bits per heavy atom. The van der Waals surface area contributed by atoms with E-state index in [4.69, 9.17) is 9.47 Å². The van der Waals surface area contributed by atoms with Crippen LogP contribution in [-0.2, 0) is 6.18 Å². The number of thiazole rings is 1. The predicted octanol–water partition coefficient (Wildman–Crippen LogP) is 6.53. The molecule has 5 nitrogen and oxygen atoms in total. The van der Waals surface area contributed by atoms with Gasteiger partial charge in [-0.2, -0.15) is 18.3 Å². The van der Waals surface area contributed by atoms with Crippen LogP contribution < -0.4 is 14.9 Å². The zero-order chi connectivity index (χ0) is 23.3. The summed E-state index contributed by atoms with van der Waals surface area (Å²) in [7, 11) is 0. The molecule has 0 bridgehead atoms. The van der Waals surface area contributed by atoms with Gasteiger partial charge in [0.2, 0.25) is 5.13 Å². The first-order chi connectivity index (χ1) is 15.9. The summed E-state index contributed by atoms with van der Waals surface area (Å²) in [6, 6.07) is 18.2. The number of rotatable bonds is 8. The summed E-state index contributed by atoms with van der Waals surface area (Å²) in [6.07, 6.45) is -2.77. The second kappa shape index (κ2) is 9.91. The Hall–Kier alpha value is -3.59. The molecular weight excluding hydrogens is 451 g/mol. The van der Waals surface area contributed by atoms with Crippen molar-refractivity contribution in [2.75, 3.05) is 18.6 Å². The number of nitrogens with zero attached hydrogens (tertiary/aromatic N) is 2. The van der Waals surface area contributed by atoms with E-state index in [0.717, 1.165) is 33.5 Å². The van der Waals surface area contributed by atoms with Crippen molar-refractivity contribution in [3.63, 3.8) is 0 Å². The molecule has 0 unspecified atom stereocenters. The largest absolute Gasteiger partial charge is 0.490 e. The highest BCUT2D eigenvalue weighted by Crippen LogP contribution is 2.31. The molecule has 170 valence electrons. The number of halogens is 3. The average Bonchev–Trinajstić information content (AvgIpc) is 3.20. The summed E-state index contributed by atoms with van der Waals surface area (Å²) in [4.78, 5) is 4.47. The number of ether oxygens (including phenoxy) is 2.